The van der Waals surface area contributed by atoms with Crippen molar-refractivity contribution >= 4 is 11.6 Å². The summed E-state index contributed by atoms with van der Waals surface area (Å²) >= 11 is 0. The van der Waals surface area contributed by atoms with E-state index in [-0.39, 0.29) is 11.5 Å². The Morgan fingerprint density at radius 2 is 1.53 bits per heavy atom. The Balaban J connectivity index is 2.23. The number of furan rings is 2. The zero-order valence-corrected chi connectivity index (χ0v) is 8.83. The normalized spacial score (nSPS) is 10.7. The van der Waals surface area contributed by atoms with Crippen molar-refractivity contribution in [3.05, 3.63) is 48.3 Å². The summed E-state index contributed by atoms with van der Waals surface area (Å²) < 4.78 is 9.80. The van der Waals surface area contributed by atoms with Crippen molar-refractivity contribution in [3.8, 4) is 0 Å². The van der Waals surface area contributed by atoms with Gasteiger partial charge in [-0.15, -0.1) is 0 Å². The minimum Gasteiger partial charge on any atom is -0.461 e. The maximum Gasteiger partial charge on any atom is 0.211 e. The van der Waals surface area contributed by atoms with E-state index in [0.29, 0.717) is 0 Å². The number of Topliss-reactive ketones (excluding diaryl/α,β-unsaturated/α-hetero) is 2. The van der Waals surface area contributed by atoms with Gasteiger partial charge in [-0.25, -0.2) is 0 Å². The molecule has 0 saturated carbocycles. The second-order valence-corrected chi connectivity index (χ2v) is 3.42. The van der Waals surface area contributed by atoms with Crippen LogP contribution in [0.25, 0.3) is 0 Å². The van der Waals surface area contributed by atoms with Crippen LogP contribution < -0.4 is 0 Å². The van der Waals surface area contributed by atoms with E-state index in [9.17, 15) is 9.59 Å². The Labute approximate surface area is 96.7 Å². The topological polar surface area (TPSA) is 80.6 Å². The Morgan fingerprint density at radius 3 is 1.82 bits per heavy atom. The highest BCUT2D eigenvalue weighted by atomic mass is 16.3. The molecule has 17 heavy (non-hydrogen) atoms. The lowest BCUT2D eigenvalue weighted by Gasteiger charge is -2.08. The van der Waals surface area contributed by atoms with Crippen molar-refractivity contribution in [1.82, 2.24) is 0 Å². The van der Waals surface area contributed by atoms with Crippen LogP contribution in [0.2, 0.25) is 0 Å². The number of carbonyl (C=O) groups is 2. The Hall–Kier alpha value is -2.14. The molecular weight excluding hydrogens is 224 g/mol. The van der Waals surface area contributed by atoms with Crippen molar-refractivity contribution in [3.63, 3.8) is 0 Å². The predicted octanol–water partition coefficient (Wildman–Crippen LogP) is 1.55. The van der Waals surface area contributed by atoms with Gasteiger partial charge in [0.05, 0.1) is 19.1 Å². The van der Waals surface area contributed by atoms with Gasteiger partial charge < -0.3 is 13.9 Å². The van der Waals surface area contributed by atoms with E-state index in [1.165, 1.54) is 24.7 Å². The third-order valence-electron chi connectivity index (χ3n) is 2.34. The van der Waals surface area contributed by atoms with Gasteiger partial charge in [-0.1, -0.05) is 0 Å². The molecule has 2 rings (SSSR count). The van der Waals surface area contributed by atoms with Crippen LogP contribution in [0.3, 0.4) is 0 Å². The van der Waals surface area contributed by atoms with Gasteiger partial charge in [0, 0.05) is 0 Å². The molecule has 0 radical (unpaired) electrons. The number of rotatable bonds is 5. The molecule has 2 aromatic heterocycles. The molecule has 88 valence electrons. The van der Waals surface area contributed by atoms with Crippen LogP contribution in [-0.2, 0) is 0 Å². The maximum atomic E-state index is 11.9. The summed E-state index contributed by atoms with van der Waals surface area (Å²) in [6, 6.07) is 5.97. The molecule has 0 amide bonds. The minimum atomic E-state index is -1.19. The first-order valence-corrected chi connectivity index (χ1v) is 5.00. The molecule has 2 aromatic rings. The summed E-state index contributed by atoms with van der Waals surface area (Å²) in [6.45, 7) is -0.584. The number of hydrogen-bond donors (Lipinski definition) is 1. The highest BCUT2D eigenvalue weighted by molar-refractivity contribution is 6.14. The summed E-state index contributed by atoms with van der Waals surface area (Å²) in [5.41, 5.74) is 0. The summed E-state index contributed by atoms with van der Waals surface area (Å²) in [6.07, 6.45) is 2.66. The standard InChI is InChI=1S/C12H10O5/c13-7-8(11(14)9-3-1-5-16-9)12(15)10-4-2-6-17-10/h1-6,8,13H,7H2. The van der Waals surface area contributed by atoms with Gasteiger partial charge in [0.1, 0.15) is 5.92 Å². The number of ketones is 2. The number of aliphatic hydroxyl groups excluding tert-OH is 1. The van der Waals surface area contributed by atoms with E-state index < -0.39 is 24.1 Å². The predicted molar refractivity (Wildman–Crippen MR) is 56.7 cm³/mol. The fraction of sp³-hybridized carbons (Fsp3) is 0.167. The van der Waals surface area contributed by atoms with Crippen molar-refractivity contribution in [2.75, 3.05) is 6.61 Å². The Bertz CT molecular complexity index is 449. The van der Waals surface area contributed by atoms with E-state index in [1.54, 1.807) is 12.1 Å². The summed E-state index contributed by atoms with van der Waals surface area (Å²) in [5.74, 6) is -2.21. The lowest BCUT2D eigenvalue weighted by atomic mass is 9.96. The van der Waals surface area contributed by atoms with Crippen LogP contribution in [0.15, 0.2) is 45.6 Å². The number of aliphatic hydroxyl groups is 1. The minimum absolute atomic E-state index is 0.0453. The zero-order valence-electron chi connectivity index (χ0n) is 8.83. The van der Waals surface area contributed by atoms with Gasteiger partial charge in [0.15, 0.2) is 11.5 Å². The smallest absolute Gasteiger partial charge is 0.211 e. The van der Waals surface area contributed by atoms with Crippen molar-refractivity contribution in [2.45, 2.75) is 0 Å². The van der Waals surface area contributed by atoms with E-state index in [4.69, 9.17) is 13.9 Å². The fourth-order valence-corrected chi connectivity index (χ4v) is 1.47. The van der Waals surface area contributed by atoms with Crippen molar-refractivity contribution in [2.24, 2.45) is 5.92 Å². The highest BCUT2D eigenvalue weighted by Gasteiger charge is 2.30. The average molecular weight is 234 g/mol. The van der Waals surface area contributed by atoms with Gasteiger partial charge in [-0.3, -0.25) is 9.59 Å². The highest BCUT2D eigenvalue weighted by Crippen LogP contribution is 2.15. The molecule has 0 fully saturated rings. The van der Waals surface area contributed by atoms with Crippen molar-refractivity contribution in [1.29, 1.82) is 0 Å². The summed E-state index contributed by atoms with van der Waals surface area (Å²) in [5, 5.41) is 9.14. The third kappa shape index (κ3) is 2.19. The lowest BCUT2D eigenvalue weighted by Crippen LogP contribution is -2.27. The molecule has 0 aromatic carbocycles. The van der Waals surface area contributed by atoms with Gasteiger partial charge >= 0.3 is 0 Å². The van der Waals surface area contributed by atoms with Crippen LogP contribution in [0.5, 0.6) is 0 Å². The lowest BCUT2D eigenvalue weighted by molar-refractivity contribution is 0.0708. The van der Waals surface area contributed by atoms with Crippen molar-refractivity contribution < 1.29 is 23.5 Å². The van der Waals surface area contributed by atoms with Crippen LogP contribution >= 0.6 is 0 Å². The van der Waals surface area contributed by atoms with Crippen LogP contribution in [-0.4, -0.2) is 23.3 Å². The second-order valence-electron chi connectivity index (χ2n) is 3.42. The second kappa shape index (κ2) is 4.80. The SMILES string of the molecule is O=C(c1ccco1)C(CO)C(=O)c1ccco1. The molecule has 2 heterocycles. The van der Waals surface area contributed by atoms with Gasteiger partial charge in [-0.2, -0.15) is 0 Å². The molecule has 0 atom stereocenters. The molecule has 5 heteroatoms. The molecule has 5 nitrogen and oxygen atoms in total. The van der Waals surface area contributed by atoms with Crippen LogP contribution in [0.4, 0.5) is 0 Å². The van der Waals surface area contributed by atoms with E-state index in [0.717, 1.165) is 0 Å². The number of hydrogen-bond acceptors (Lipinski definition) is 5. The molecular formula is C12H10O5. The Kier molecular flexibility index (Phi) is 3.20. The molecule has 0 aliphatic rings. The molecule has 1 N–H and O–H groups in total. The van der Waals surface area contributed by atoms with E-state index >= 15 is 0 Å². The molecule has 0 bridgehead atoms. The van der Waals surface area contributed by atoms with E-state index in [1.807, 2.05) is 0 Å². The largest absolute Gasteiger partial charge is 0.461 e. The zero-order chi connectivity index (χ0) is 12.3. The Morgan fingerprint density at radius 1 is 1.06 bits per heavy atom. The van der Waals surface area contributed by atoms with Gasteiger partial charge in [0.25, 0.3) is 0 Å². The first-order chi connectivity index (χ1) is 8.24. The molecule has 0 spiro atoms. The van der Waals surface area contributed by atoms with Crippen LogP contribution in [0, 0.1) is 5.92 Å². The molecule has 0 aliphatic carbocycles. The third-order valence-corrected chi connectivity index (χ3v) is 2.34. The quantitative estimate of drug-likeness (QED) is 0.627. The van der Waals surface area contributed by atoms with E-state index in [2.05, 4.69) is 0 Å². The number of carbonyl (C=O) groups excluding carboxylic acids is 2. The summed E-state index contributed by atoms with van der Waals surface area (Å²) in [7, 11) is 0. The first-order valence-electron chi connectivity index (χ1n) is 5.00. The maximum absolute atomic E-state index is 11.9. The van der Waals surface area contributed by atoms with Gasteiger partial charge in [0.2, 0.25) is 11.6 Å². The fourth-order valence-electron chi connectivity index (χ4n) is 1.47. The monoisotopic (exact) mass is 234 g/mol. The first kappa shape index (κ1) is 11.3. The van der Waals surface area contributed by atoms with Crippen LogP contribution in [0.1, 0.15) is 21.1 Å². The molecule has 0 aliphatic heterocycles. The molecule has 0 saturated heterocycles. The summed E-state index contributed by atoms with van der Waals surface area (Å²) in [4.78, 5) is 23.7. The van der Waals surface area contributed by atoms with Gasteiger partial charge in [-0.05, 0) is 24.3 Å². The average Bonchev–Trinajstić information content (AvgIpc) is 3.03. The molecule has 0 unspecified atom stereocenters.